The number of ether oxygens (including phenoxy) is 2. The van der Waals surface area contributed by atoms with Gasteiger partial charge >= 0.3 is 5.97 Å². The van der Waals surface area contributed by atoms with Gasteiger partial charge in [0.15, 0.2) is 0 Å². The molecule has 4 heteroatoms. The molecular formula is C21H30O4. The Labute approximate surface area is 150 Å². The van der Waals surface area contributed by atoms with Crippen LogP contribution in [-0.2, 0) is 20.7 Å². The minimum atomic E-state index is -0.263. The zero-order valence-electron chi connectivity index (χ0n) is 16.1. The first-order valence-electron chi connectivity index (χ1n) is 9.31. The van der Waals surface area contributed by atoms with Gasteiger partial charge in [0, 0.05) is 17.4 Å². The van der Waals surface area contributed by atoms with Crippen LogP contribution in [0.1, 0.15) is 63.0 Å². The summed E-state index contributed by atoms with van der Waals surface area (Å²) in [4.78, 5) is 12.6. The Kier molecular flexibility index (Phi) is 5.10. The lowest BCUT2D eigenvalue weighted by Crippen LogP contribution is -2.51. The Hall–Kier alpha value is -1.55. The van der Waals surface area contributed by atoms with Crippen LogP contribution in [0.5, 0.6) is 0 Å². The maximum absolute atomic E-state index is 12.6. The number of methoxy groups -OCH3 is 1. The van der Waals surface area contributed by atoms with Gasteiger partial charge in [-0.05, 0) is 45.1 Å². The van der Waals surface area contributed by atoms with E-state index < -0.39 is 0 Å². The van der Waals surface area contributed by atoms with Crippen LogP contribution in [0, 0.1) is 24.2 Å². The van der Waals surface area contributed by atoms with Gasteiger partial charge in [-0.25, -0.2) is 0 Å². The van der Waals surface area contributed by atoms with Gasteiger partial charge < -0.3 is 13.9 Å². The standard InChI is InChI=1S/C21H30O4/c1-6-13(2)11-25-19-18-14(3)12-24-17(18)10-15-8-7-9-16(20(22)23-5)21(15,19)4/h6,12,15-16,19H,7-11H2,1-5H3/b13-6-/t15-,16-,19-,21+/m1/s1. The molecule has 2 aliphatic rings. The molecule has 4 atom stereocenters. The van der Waals surface area contributed by atoms with Crippen molar-refractivity contribution < 1.29 is 18.7 Å². The number of aryl methyl sites for hydroxylation is 1. The van der Waals surface area contributed by atoms with Crippen molar-refractivity contribution in [3.8, 4) is 0 Å². The molecule has 138 valence electrons. The largest absolute Gasteiger partial charge is 0.469 e. The first-order valence-corrected chi connectivity index (χ1v) is 9.31. The quantitative estimate of drug-likeness (QED) is 0.582. The summed E-state index contributed by atoms with van der Waals surface area (Å²) in [6.45, 7) is 8.96. The van der Waals surface area contributed by atoms with Crippen molar-refractivity contribution in [2.45, 2.75) is 59.5 Å². The highest BCUT2D eigenvalue weighted by Crippen LogP contribution is 2.59. The third kappa shape index (κ3) is 2.95. The van der Waals surface area contributed by atoms with E-state index in [0.717, 1.165) is 42.6 Å². The maximum atomic E-state index is 12.6. The van der Waals surface area contributed by atoms with Gasteiger partial charge in [-0.2, -0.15) is 0 Å². The predicted octanol–water partition coefficient (Wildman–Crippen LogP) is 4.76. The van der Waals surface area contributed by atoms with Crippen molar-refractivity contribution in [1.29, 1.82) is 0 Å². The van der Waals surface area contributed by atoms with E-state index in [1.165, 1.54) is 12.7 Å². The fourth-order valence-corrected chi connectivity index (χ4v) is 4.82. The van der Waals surface area contributed by atoms with E-state index in [9.17, 15) is 4.79 Å². The average molecular weight is 346 g/mol. The second-order valence-electron chi connectivity index (χ2n) is 7.86. The van der Waals surface area contributed by atoms with Crippen LogP contribution in [-0.4, -0.2) is 19.7 Å². The predicted molar refractivity (Wildman–Crippen MR) is 96.2 cm³/mol. The highest BCUT2D eigenvalue weighted by Gasteiger charge is 2.57. The summed E-state index contributed by atoms with van der Waals surface area (Å²) in [7, 11) is 1.49. The van der Waals surface area contributed by atoms with Crippen LogP contribution in [0.3, 0.4) is 0 Å². The number of fused-ring (bicyclic) bond motifs is 2. The van der Waals surface area contributed by atoms with Gasteiger partial charge in [0.1, 0.15) is 5.76 Å². The lowest BCUT2D eigenvalue weighted by atomic mass is 9.53. The van der Waals surface area contributed by atoms with E-state index in [2.05, 4.69) is 26.8 Å². The monoisotopic (exact) mass is 346 g/mol. The van der Waals surface area contributed by atoms with Crippen LogP contribution in [0.15, 0.2) is 22.3 Å². The SMILES string of the molecule is C/C=C(/C)CO[C@@H]1c2c(C)coc2C[C@H]2CCC[C@H](C(=O)OC)[C@]21C. The Bertz CT molecular complexity index is 671. The highest BCUT2D eigenvalue weighted by atomic mass is 16.5. The van der Waals surface area contributed by atoms with Crippen LogP contribution in [0.25, 0.3) is 0 Å². The Morgan fingerprint density at radius 2 is 2.20 bits per heavy atom. The number of furan rings is 1. The smallest absolute Gasteiger partial charge is 0.309 e. The molecule has 1 fully saturated rings. The van der Waals surface area contributed by atoms with Gasteiger partial charge in [-0.15, -0.1) is 0 Å². The fourth-order valence-electron chi connectivity index (χ4n) is 4.82. The molecule has 1 saturated carbocycles. The maximum Gasteiger partial charge on any atom is 0.309 e. The first kappa shape index (κ1) is 18.2. The van der Waals surface area contributed by atoms with Gasteiger partial charge in [-0.3, -0.25) is 4.79 Å². The van der Waals surface area contributed by atoms with E-state index >= 15 is 0 Å². The van der Waals surface area contributed by atoms with Gasteiger partial charge in [0.05, 0.1) is 32.0 Å². The zero-order valence-corrected chi connectivity index (χ0v) is 16.1. The van der Waals surface area contributed by atoms with Crippen LogP contribution < -0.4 is 0 Å². The molecule has 0 N–H and O–H groups in total. The second kappa shape index (κ2) is 6.99. The molecule has 2 aliphatic carbocycles. The molecule has 3 rings (SSSR count). The van der Waals surface area contributed by atoms with Crippen molar-refractivity contribution in [3.05, 3.63) is 34.8 Å². The van der Waals surface area contributed by atoms with E-state index in [-0.39, 0.29) is 23.4 Å². The molecule has 0 amide bonds. The topological polar surface area (TPSA) is 48.7 Å². The molecular weight excluding hydrogens is 316 g/mol. The van der Waals surface area contributed by atoms with Crippen molar-refractivity contribution in [2.24, 2.45) is 17.3 Å². The molecule has 0 aromatic carbocycles. The summed E-state index contributed by atoms with van der Waals surface area (Å²) >= 11 is 0. The Morgan fingerprint density at radius 3 is 2.88 bits per heavy atom. The summed E-state index contributed by atoms with van der Waals surface area (Å²) in [6.07, 6.45) is 7.67. The third-order valence-electron chi connectivity index (χ3n) is 6.49. The van der Waals surface area contributed by atoms with E-state index in [1.54, 1.807) is 0 Å². The van der Waals surface area contributed by atoms with Crippen molar-refractivity contribution in [1.82, 2.24) is 0 Å². The molecule has 0 saturated heterocycles. The van der Waals surface area contributed by atoms with E-state index in [4.69, 9.17) is 13.9 Å². The van der Waals surface area contributed by atoms with Crippen molar-refractivity contribution in [3.63, 3.8) is 0 Å². The van der Waals surface area contributed by atoms with Crippen molar-refractivity contribution in [2.75, 3.05) is 13.7 Å². The van der Waals surface area contributed by atoms with Crippen LogP contribution in [0.2, 0.25) is 0 Å². The number of rotatable bonds is 4. The Morgan fingerprint density at radius 1 is 1.44 bits per heavy atom. The number of hydrogen-bond acceptors (Lipinski definition) is 4. The molecule has 0 aliphatic heterocycles. The molecule has 1 heterocycles. The van der Waals surface area contributed by atoms with Crippen molar-refractivity contribution >= 4 is 5.97 Å². The van der Waals surface area contributed by atoms with Gasteiger partial charge in [0.25, 0.3) is 0 Å². The third-order valence-corrected chi connectivity index (χ3v) is 6.49. The summed E-state index contributed by atoms with van der Waals surface area (Å²) in [5.74, 6) is 1.18. The molecule has 0 unspecified atom stereocenters. The number of esters is 1. The Balaban J connectivity index is 2.06. The minimum absolute atomic E-state index is 0.104. The summed E-state index contributed by atoms with van der Waals surface area (Å²) in [6, 6.07) is 0. The minimum Gasteiger partial charge on any atom is -0.469 e. The number of carbonyl (C=O) groups excluding carboxylic acids is 1. The molecule has 0 bridgehead atoms. The summed E-state index contributed by atoms with van der Waals surface area (Å²) in [5, 5.41) is 0. The fraction of sp³-hybridized carbons (Fsp3) is 0.667. The van der Waals surface area contributed by atoms with Gasteiger partial charge in [-0.1, -0.05) is 25.0 Å². The molecule has 4 nitrogen and oxygen atoms in total. The molecule has 0 spiro atoms. The van der Waals surface area contributed by atoms with Crippen LogP contribution in [0.4, 0.5) is 0 Å². The molecule has 25 heavy (non-hydrogen) atoms. The number of carbonyl (C=O) groups is 1. The lowest BCUT2D eigenvalue weighted by molar-refractivity contribution is -0.170. The summed E-state index contributed by atoms with van der Waals surface area (Å²) < 4.78 is 17.5. The molecule has 1 aromatic heterocycles. The molecule has 0 radical (unpaired) electrons. The van der Waals surface area contributed by atoms with E-state index in [1.807, 2.05) is 13.2 Å². The van der Waals surface area contributed by atoms with Crippen LogP contribution >= 0.6 is 0 Å². The normalized spacial score (nSPS) is 32.0. The number of allylic oxidation sites excluding steroid dienone is 1. The first-order chi connectivity index (χ1) is 11.9. The second-order valence-corrected chi connectivity index (χ2v) is 7.86. The van der Waals surface area contributed by atoms with Gasteiger partial charge in [0.2, 0.25) is 0 Å². The van der Waals surface area contributed by atoms with E-state index in [0.29, 0.717) is 12.5 Å². The zero-order chi connectivity index (χ0) is 18.2. The average Bonchev–Trinajstić information content (AvgIpc) is 2.97. The lowest BCUT2D eigenvalue weighted by Gasteiger charge is -2.52. The summed E-state index contributed by atoms with van der Waals surface area (Å²) in [5.41, 5.74) is 3.20. The highest BCUT2D eigenvalue weighted by molar-refractivity contribution is 5.74. The molecule has 1 aromatic rings. The number of hydrogen-bond donors (Lipinski definition) is 0.